The normalized spacial score (nSPS) is 23.6. The van der Waals surface area contributed by atoms with Crippen molar-refractivity contribution in [3.8, 4) is 0 Å². The van der Waals surface area contributed by atoms with E-state index in [9.17, 15) is 0 Å². The molecule has 3 heteroatoms. The number of ether oxygens (including phenoxy) is 1. The monoisotopic (exact) mass is 282 g/mol. The molecule has 3 nitrogen and oxygen atoms in total. The van der Waals surface area contributed by atoms with E-state index in [2.05, 4.69) is 24.1 Å². The zero-order valence-electron chi connectivity index (χ0n) is 13.6. The molecule has 2 fully saturated rings. The van der Waals surface area contributed by atoms with E-state index >= 15 is 0 Å². The number of nitrogens with one attached hydrogen (secondary N) is 1. The van der Waals surface area contributed by atoms with Gasteiger partial charge in [-0.15, -0.1) is 0 Å². The van der Waals surface area contributed by atoms with E-state index in [1.54, 1.807) is 0 Å². The van der Waals surface area contributed by atoms with E-state index in [4.69, 9.17) is 4.74 Å². The van der Waals surface area contributed by atoms with E-state index in [1.165, 1.54) is 64.5 Å². The first-order chi connectivity index (χ1) is 9.75. The Hall–Kier alpha value is -0.120. The molecule has 1 N–H and O–H groups in total. The lowest BCUT2D eigenvalue weighted by atomic mass is 9.98. The molecule has 0 aromatic carbocycles. The van der Waals surface area contributed by atoms with Gasteiger partial charge in [-0.2, -0.15) is 0 Å². The molecule has 0 spiro atoms. The van der Waals surface area contributed by atoms with Crippen molar-refractivity contribution >= 4 is 0 Å². The van der Waals surface area contributed by atoms with Gasteiger partial charge in [0.05, 0.1) is 6.10 Å². The zero-order valence-corrected chi connectivity index (χ0v) is 13.6. The fourth-order valence-corrected chi connectivity index (χ4v) is 3.48. The second-order valence-corrected chi connectivity index (χ2v) is 6.84. The summed E-state index contributed by atoms with van der Waals surface area (Å²) in [5.74, 6) is 0. The fourth-order valence-electron chi connectivity index (χ4n) is 3.48. The molecule has 118 valence electrons. The smallest absolute Gasteiger partial charge is 0.0575 e. The minimum absolute atomic E-state index is 0.568. The summed E-state index contributed by atoms with van der Waals surface area (Å²) in [6, 6.07) is 1.44. The van der Waals surface area contributed by atoms with Crippen LogP contribution in [-0.4, -0.2) is 49.3 Å². The second-order valence-electron chi connectivity index (χ2n) is 6.84. The van der Waals surface area contributed by atoms with Crippen LogP contribution in [0.15, 0.2) is 0 Å². The standard InChI is InChI=1S/C17H34N2O/c1-15(2)19-12-9-16(10-13-19)18-11-6-14-20-17-7-4-3-5-8-17/h15-18H,3-14H2,1-2H3. The van der Waals surface area contributed by atoms with Crippen molar-refractivity contribution in [3.05, 3.63) is 0 Å². The number of likely N-dealkylation sites (tertiary alicyclic amines) is 1. The number of piperidine rings is 1. The maximum absolute atomic E-state index is 5.97. The quantitative estimate of drug-likeness (QED) is 0.726. The van der Waals surface area contributed by atoms with Gasteiger partial charge in [0.15, 0.2) is 0 Å². The summed E-state index contributed by atoms with van der Waals surface area (Å²) in [4.78, 5) is 2.59. The molecule has 0 amide bonds. The van der Waals surface area contributed by atoms with Crippen LogP contribution in [0.1, 0.15) is 65.2 Å². The Bertz CT molecular complexity index is 243. The maximum atomic E-state index is 5.97. The van der Waals surface area contributed by atoms with Crippen LogP contribution in [0.5, 0.6) is 0 Å². The van der Waals surface area contributed by atoms with Crippen molar-refractivity contribution in [2.75, 3.05) is 26.2 Å². The third kappa shape index (κ3) is 5.71. The topological polar surface area (TPSA) is 24.5 Å². The highest BCUT2D eigenvalue weighted by Gasteiger charge is 2.20. The molecule has 1 saturated heterocycles. The van der Waals surface area contributed by atoms with E-state index in [0.717, 1.165) is 19.2 Å². The van der Waals surface area contributed by atoms with Gasteiger partial charge in [-0.05, 0) is 65.6 Å². The molecule has 1 aliphatic heterocycles. The third-order valence-corrected chi connectivity index (χ3v) is 4.92. The third-order valence-electron chi connectivity index (χ3n) is 4.92. The molecule has 2 rings (SSSR count). The molecule has 20 heavy (non-hydrogen) atoms. The lowest BCUT2D eigenvalue weighted by Crippen LogP contribution is -2.45. The summed E-state index contributed by atoms with van der Waals surface area (Å²) in [5, 5.41) is 3.71. The lowest BCUT2D eigenvalue weighted by Gasteiger charge is -2.35. The van der Waals surface area contributed by atoms with Crippen molar-refractivity contribution in [3.63, 3.8) is 0 Å². The molecule has 0 bridgehead atoms. The predicted molar refractivity (Wildman–Crippen MR) is 85.2 cm³/mol. The molecule has 1 aliphatic carbocycles. The fraction of sp³-hybridized carbons (Fsp3) is 1.00. The Labute approximate surface area is 125 Å². The summed E-state index contributed by atoms with van der Waals surface area (Å²) in [7, 11) is 0. The summed E-state index contributed by atoms with van der Waals surface area (Å²) >= 11 is 0. The van der Waals surface area contributed by atoms with Crippen molar-refractivity contribution in [1.29, 1.82) is 0 Å². The average Bonchev–Trinajstić information content (AvgIpc) is 2.48. The highest BCUT2D eigenvalue weighted by molar-refractivity contribution is 4.78. The summed E-state index contributed by atoms with van der Waals surface area (Å²) in [6.07, 6.45) is 11.1. The highest BCUT2D eigenvalue weighted by Crippen LogP contribution is 2.20. The first kappa shape index (κ1) is 16.3. The molecule has 0 unspecified atom stereocenters. The zero-order chi connectivity index (χ0) is 14.2. The summed E-state index contributed by atoms with van der Waals surface area (Å²) in [5.41, 5.74) is 0. The van der Waals surface area contributed by atoms with Gasteiger partial charge in [0.2, 0.25) is 0 Å². The highest BCUT2D eigenvalue weighted by atomic mass is 16.5. The number of nitrogens with zero attached hydrogens (tertiary/aromatic N) is 1. The molecular weight excluding hydrogens is 248 g/mol. The van der Waals surface area contributed by atoms with Crippen LogP contribution in [0.4, 0.5) is 0 Å². The molecule has 1 heterocycles. The van der Waals surface area contributed by atoms with Crippen LogP contribution in [0, 0.1) is 0 Å². The SMILES string of the molecule is CC(C)N1CCC(NCCCOC2CCCCC2)CC1. The van der Waals surface area contributed by atoms with Gasteiger partial charge in [-0.25, -0.2) is 0 Å². The van der Waals surface area contributed by atoms with Gasteiger partial charge < -0.3 is 15.0 Å². The van der Waals surface area contributed by atoms with E-state index in [1.807, 2.05) is 0 Å². The van der Waals surface area contributed by atoms with Crippen LogP contribution in [0.2, 0.25) is 0 Å². The lowest BCUT2D eigenvalue weighted by molar-refractivity contribution is 0.0268. The largest absolute Gasteiger partial charge is 0.378 e. The van der Waals surface area contributed by atoms with Crippen LogP contribution in [-0.2, 0) is 4.74 Å². The molecule has 0 atom stereocenters. The first-order valence-corrected chi connectivity index (χ1v) is 8.84. The Morgan fingerprint density at radius 2 is 1.75 bits per heavy atom. The Kier molecular flexibility index (Phi) is 7.32. The maximum Gasteiger partial charge on any atom is 0.0575 e. The Balaban J connectivity index is 1.45. The van der Waals surface area contributed by atoms with E-state index in [0.29, 0.717) is 12.1 Å². The van der Waals surface area contributed by atoms with Gasteiger partial charge in [0.1, 0.15) is 0 Å². The number of rotatable bonds is 7. The predicted octanol–water partition coefficient (Wildman–Crippen LogP) is 3.19. The molecule has 0 aromatic rings. The van der Waals surface area contributed by atoms with E-state index < -0.39 is 0 Å². The minimum Gasteiger partial charge on any atom is -0.378 e. The van der Waals surface area contributed by atoms with Gasteiger partial charge >= 0.3 is 0 Å². The molecule has 0 aromatic heterocycles. The summed E-state index contributed by atoms with van der Waals surface area (Å²) in [6.45, 7) is 9.19. The average molecular weight is 282 g/mol. The molecule has 1 saturated carbocycles. The van der Waals surface area contributed by atoms with Crippen molar-refractivity contribution in [2.45, 2.75) is 83.4 Å². The van der Waals surface area contributed by atoms with Crippen molar-refractivity contribution < 1.29 is 4.74 Å². The first-order valence-electron chi connectivity index (χ1n) is 8.84. The molecule has 2 aliphatic rings. The molecule has 0 radical (unpaired) electrons. The van der Waals surface area contributed by atoms with Crippen LogP contribution < -0.4 is 5.32 Å². The Morgan fingerprint density at radius 3 is 2.40 bits per heavy atom. The van der Waals surface area contributed by atoms with Crippen LogP contribution >= 0.6 is 0 Å². The second kappa shape index (κ2) is 9.01. The van der Waals surface area contributed by atoms with Gasteiger partial charge in [0.25, 0.3) is 0 Å². The van der Waals surface area contributed by atoms with Crippen LogP contribution in [0.3, 0.4) is 0 Å². The molecular formula is C17H34N2O. The van der Waals surface area contributed by atoms with Crippen molar-refractivity contribution in [1.82, 2.24) is 10.2 Å². The number of hydrogen-bond donors (Lipinski definition) is 1. The van der Waals surface area contributed by atoms with Gasteiger partial charge in [-0.3, -0.25) is 0 Å². The van der Waals surface area contributed by atoms with Gasteiger partial charge in [-0.1, -0.05) is 19.3 Å². The van der Waals surface area contributed by atoms with E-state index in [-0.39, 0.29) is 0 Å². The Morgan fingerprint density at radius 1 is 1.05 bits per heavy atom. The minimum atomic E-state index is 0.568. The van der Waals surface area contributed by atoms with Gasteiger partial charge in [0, 0.05) is 18.7 Å². The van der Waals surface area contributed by atoms with Crippen molar-refractivity contribution in [2.24, 2.45) is 0 Å². The van der Waals surface area contributed by atoms with Crippen LogP contribution in [0.25, 0.3) is 0 Å². The summed E-state index contributed by atoms with van der Waals surface area (Å²) < 4.78 is 5.97. The number of hydrogen-bond acceptors (Lipinski definition) is 3.